The Kier molecular flexibility index (Phi) is 6.93. The number of aryl methyl sites for hydroxylation is 1. The smallest absolute Gasteiger partial charge is 0.121 e. The number of hydrogen-bond acceptors (Lipinski definition) is 8. The Morgan fingerprint density at radius 1 is 1.11 bits per heavy atom. The van der Waals surface area contributed by atoms with Gasteiger partial charge in [-0.2, -0.15) is 5.10 Å². The fourth-order valence-electron chi connectivity index (χ4n) is 3.30. The zero-order chi connectivity index (χ0) is 20.4. The van der Waals surface area contributed by atoms with E-state index in [-0.39, 0.29) is 0 Å². The highest BCUT2D eigenvalue weighted by atomic mass is 35.5. The number of thioether (sulfide) groups is 1. The molecule has 0 saturated carbocycles. The van der Waals surface area contributed by atoms with Gasteiger partial charge in [0.2, 0.25) is 0 Å². The minimum Gasteiger partial charge on any atom is -0.394 e. The van der Waals surface area contributed by atoms with Gasteiger partial charge in [-0.1, -0.05) is 23.7 Å². The molecule has 5 unspecified atom stereocenters. The monoisotopic (exact) mass is 426 g/mol. The summed E-state index contributed by atoms with van der Waals surface area (Å²) in [5, 5.41) is 49.5. The third-order valence-electron chi connectivity index (χ3n) is 4.85. The zero-order valence-electron chi connectivity index (χ0n) is 15.5. The van der Waals surface area contributed by atoms with Gasteiger partial charge in [-0.3, -0.25) is 0 Å². The quantitative estimate of drug-likeness (QED) is 0.528. The molecule has 5 atom stereocenters. The van der Waals surface area contributed by atoms with Crippen LogP contribution in [0.1, 0.15) is 28.5 Å². The van der Waals surface area contributed by atoms with Gasteiger partial charge in [0.1, 0.15) is 35.5 Å². The average Bonchev–Trinajstić information content (AvgIpc) is 2.68. The second-order valence-electron chi connectivity index (χ2n) is 6.81. The molecule has 1 fully saturated rings. The van der Waals surface area contributed by atoms with Gasteiger partial charge >= 0.3 is 0 Å². The maximum Gasteiger partial charge on any atom is 0.121 e. The molecule has 3 rings (SSSR count). The molecular formula is C19H23ClN2O5S. The highest BCUT2D eigenvalue weighted by molar-refractivity contribution is 7.98. The summed E-state index contributed by atoms with van der Waals surface area (Å²) in [6, 6.07) is 7.10. The number of halogens is 1. The van der Waals surface area contributed by atoms with E-state index < -0.39 is 37.1 Å². The van der Waals surface area contributed by atoms with Gasteiger partial charge in [-0.25, -0.2) is 0 Å². The van der Waals surface area contributed by atoms with Gasteiger partial charge < -0.3 is 25.2 Å². The van der Waals surface area contributed by atoms with E-state index >= 15 is 0 Å². The number of aliphatic hydroxyl groups excluding tert-OH is 4. The van der Waals surface area contributed by atoms with E-state index in [4.69, 9.17) is 16.3 Å². The predicted molar refractivity (Wildman–Crippen MR) is 106 cm³/mol. The van der Waals surface area contributed by atoms with Gasteiger partial charge in [0.15, 0.2) is 0 Å². The largest absolute Gasteiger partial charge is 0.394 e. The number of aromatic nitrogens is 2. The SMILES string of the molecule is CSc1nnc(Cc2cc(C3OC(CO)C(O)C(O)C3O)ccc2Cl)cc1C. The van der Waals surface area contributed by atoms with Crippen LogP contribution in [0.5, 0.6) is 0 Å². The van der Waals surface area contributed by atoms with Gasteiger partial charge in [0.05, 0.1) is 12.3 Å². The molecule has 0 aliphatic carbocycles. The van der Waals surface area contributed by atoms with Crippen LogP contribution in [0.15, 0.2) is 29.3 Å². The maximum absolute atomic E-state index is 10.3. The number of rotatable bonds is 5. The number of aliphatic hydroxyl groups is 4. The van der Waals surface area contributed by atoms with Crippen molar-refractivity contribution in [3.63, 3.8) is 0 Å². The molecular weight excluding hydrogens is 404 g/mol. The maximum atomic E-state index is 10.3. The van der Waals surface area contributed by atoms with E-state index in [2.05, 4.69) is 10.2 Å². The first kappa shape index (κ1) is 21.4. The molecule has 7 nitrogen and oxygen atoms in total. The summed E-state index contributed by atoms with van der Waals surface area (Å²) >= 11 is 7.87. The Morgan fingerprint density at radius 3 is 2.50 bits per heavy atom. The molecule has 152 valence electrons. The first-order valence-electron chi connectivity index (χ1n) is 8.81. The van der Waals surface area contributed by atoms with Gasteiger partial charge in [0, 0.05) is 11.4 Å². The second-order valence-corrected chi connectivity index (χ2v) is 8.01. The molecule has 1 aliphatic rings. The summed E-state index contributed by atoms with van der Waals surface area (Å²) < 4.78 is 5.63. The third-order valence-corrected chi connectivity index (χ3v) is 6.00. The van der Waals surface area contributed by atoms with Gasteiger partial charge in [-0.15, -0.1) is 16.9 Å². The summed E-state index contributed by atoms with van der Waals surface area (Å²) in [7, 11) is 0. The summed E-state index contributed by atoms with van der Waals surface area (Å²) in [5.41, 5.74) is 3.13. The fraction of sp³-hybridized carbons (Fsp3) is 0.474. The Labute approximate surface area is 172 Å². The molecule has 28 heavy (non-hydrogen) atoms. The Morgan fingerprint density at radius 2 is 1.86 bits per heavy atom. The van der Waals surface area contributed by atoms with Gasteiger partial charge in [-0.05, 0) is 42.0 Å². The molecule has 1 aromatic carbocycles. The van der Waals surface area contributed by atoms with Crippen LogP contribution in [0.2, 0.25) is 5.02 Å². The topological polar surface area (TPSA) is 116 Å². The molecule has 0 spiro atoms. The van der Waals surface area contributed by atoms with Crippen molar-refractivity contribution < 1.29 is 25.2 Å². The Bertz CT molecular complexity index is 838. The molecule has 2 heterocycles. The van der Waals surface area contributed by atoms with Crippen molar-refractivity contribution in [3.8, 4) is 0 Å². The van der Waals surface area contributed by atoms with Crippen LogP contribution in [-0.4, -0.2) is 67.9 Å². The van der Waals surface area contributed by atoms with E-state index in [9.17, 15) is 20.4 Å². The lowest BCUT2D eigenvalue weighted by atomic mass is 9.90. The molecule has 2 aromatic rings. The third kappa shape index (κ3) is 4.33. The molecule has 1 aliphatic heterocycles. The van der Waals surface area contributed by atoms with Crippen molar-refractivity contribution in [2.45, 2.75) is 48.9 Å². The highest BCUT2D eigenvalue weighted by Gasteiger charge is 2.44. The second kappa shape index (κ2) is 9.04. The molecule has 9 heteroatoms. The molecule has 0 radical (unpaired) electrons. The van der Waals surface area contributed by atoms with E-state index in [1.807, 2.05) is 19.2 Å². The van der Waals surface area contributed by atoms with Crippen molar-refractivity contribution in [2.75, 3.05) is 12.9 Å². The zero-order valence-corrected chi connectivity index (χ0v) is 17.1. The van der Waals surface area contributed by atoms with E-state index in [1.165, 1.54) is 11.8 Å². The lowest BCUT2D eigenvalue weighted by Gasteiger charge is -2.40. The first-order chi connectivity index (χ1) is 13.3. The molecule has 1 aromatic heterocycles. The van der Waals surface area contributed by atoms with Crippen molar-refractivity contribution in [3.05, 3.63) is 51.7 Å². The van der Waals surface area contributed by atoms with Gasteiger partial charge in [0.25, 0.3) is 0 Å². The number of benzene rings is 1. The van der Waals surface area contributed by atoms with Crippen molar-refractivity contribution in [2.24, 2.45) is 0 Å². The molecule has 0 amide bonds. The highest BCUT2D eigenvalue weighted by Crippen LogP contribution is 2.34. The number of nitrogens with zero attached hydrogens (tertiary/aromatic N) is 2. The Balaban J connectivity index is 1.88. The summed E-state index contributed by atoms with van der Waals surface area (Å²) in [6.45, 7) is 1.49. The van der Waals surface area contributed by atoms with Crippen LogP contribution < -0.4 is 0 Å². The van der Waals surface area contributed by atoms with E-state index in [0.29, 0.717) is 17.0 Å². The fourth-order valence-corrected chi connectivity index (χ4v) is 3.98. The van der Waals surface area contributed by atoms with Crippen LogP contribution in [0, 0.1) is 6.92 Å². The lowest BCUT2D eigenvalue weighted by molar-refractivity contribution is -0.231. The first-order valence-corrected chi connectivity index (χ1v) is 10.4. The van der Waals surface area contributed by atoms with Crippen LogP contribution in [0.4, 0.5) is 0 Å². The van der Waals surface area contributed by atoms with Crippen LogP contribution in [-0.2, 0) is 11.2 Å². The molecule has 4 N–H and O–H groups in total. The van der Waals surface area contributed by atoms with E-state index in [1.54, 1.807) is 18.2 Å². The van der Waals surface area contributed by atoms with Crippen molar-refractivity contribution in [1.82, 2.24) is 10.2 Å². The average molecular weight is 427 g/mol. The molecule has 1 saturated heterocycles. The van der Waals surface area contributed by atoms with Crippen molar-refractivity contribution in [1.29, 1.82) is 0 Å². The van der Waals surface area contributed by atoms with Crippen LogP contribution >= 0.6 is 23.4 Å². The number of ether oxygens (including phenoxy) is 1. The minimum absolute atomic E-state index is 0.437. The van der Waals surface area contributed by atoms with Crippen LogP contribution in [0.3, 0.4) is 0 Å². The van der Waals surface area contributed by atoms with E-state index in [0.717, 1.165) is 21.8 Å². The lowest BCUT2D eigenvalue weighted by Crippen LogP contribution is -2.55. The predicted octanol–water partition coefficient (Wildman–Crippen LogP) is 1.27. The summed E-state index contributed by atoms with van der Waals surface area (Å²) in [4.78, 5) is 0. The Hall–Kier alpha value is -1.26. The standard InChI is InChI=1S/C19H23ClN2O5S/c1-9-5-12(21-22-19(9)28-2)7-11-6-10(3-4-13(11)20)18-17(26)16(25)15(24)14(8-23)27-18/h3-6,14-18,23-26H,7-8H2,1-2H3. The summed E-state index contributed by atoms with van der Waals surface area (Å²) in [5.74, 6) is 0. The minimum atomic E-state index is -1.43. The normalized spacial score (nSPS) is 27.8. The molecule has 0 bridgehead atoms. The van der Waals surface area contributed by atoms with Crippen LogP contribution in [0.25, 0.3) is 0 Å². The summed E-state index contributed by atoms with van der Waals surface area (Å²) in [6.07, 6.45) is -3.65. The number of hydrogen-bond donors (Lipinski definition) is 4. The van der Waals surface area contributed by atoms with Crippen molar-refractivity contribution >= 4 is 23.4 Å².